The molecule has 0 saturated heterocycles. The molecule has 0 bridgehead atoms. The van der Waals surface area contributed by atoms with Gasteiger partial charge in [-0.15, -0.1) is 0 Å². The number of aryl methyl sites for hydroxylation is 1. The molecule has 2 rings (SSSR count). The Kier molecular flexibility index (Phi) is 3.54. The van der Waals surface area contributed by atoms with E-state index in [1.807, 2.05) is 30.3 Å². The van der Waals surface area contributed by atoms with E-state index in [0.717, 1.165) is 23.8 Å². The zero-order valence-electron chi connectivity index (χ0n) is 9.19. The van der Waals surface area contributed by atoms with Crippen molar-refractivity contribution in [3.8, 4) is 0 Å². The van der Waals surface area contributed by atoms with E-state index >= 15 is 0 Å². The molecule has 16 heavy (non-hydrogen) atoms. The van der Waals surface area contributed by atoms with E-state index in [0.29, 0.717) is 0 Å². The van der Waals surface area contributed by atoms with Crippen molar-refractivity contribution < 1.29 is 10.2 Å². The van der Waals surface area contributed by atoms with Gasteiger partial charge >= 0.3 is 0 Å². The van der Waals surface area contributed by atoms with Crippen molar-refractivity contribution in [2.45, 2.75) is 19.4 Å². The van der Waals surface area contributed by atoms with Gasteiger partial charge in [0, 0.05) is 6.61 Å². The maximum absolute atomic E-state index is 9.26. The van der Waals surface area contributed by atoms with Gasteiger partial charge in [0.15, 0.2) is 0 Å². The van der Waals surface area contributed by atoms with Crippen molar-refractivity contribution in [1.82, 2.24) is 0 Å². The summed E-state index contributed by atoms with van der Waals surface area (Å²) in [6.45, 7) is 0.289. The third-order valence-electron chi connectivity index (χ3n) is 2.88. The standard InChI is InChI=1S/C14H16O2/c15-9-3-4-11-7-8-12(10-16)14-6-2-1-5-13(11)14/h1-2,5-8,15-16H,3-4,9-10H2. The summed E-state index contributed by atoms with van der Waals surface area (Å²) in [7, 11) is 0. The van der Waals surface area contributed by atoms with E-state index in [9.17, 15) is 5.11 Å². The average Bonchev–Trinajstić information content (AvgIpc) is 2.36. The topological polar surface area (TPSA) is 40.5 Å². The highest BCUT2D eigenvalue weighted by molar-refractivity contribution is 5.88. The zero-order chi connectivity index (χ0) is 11.4. The van der Waals surface area contributed by atoms with Gasteiger partial charge in [-0.05, 0) is 34.7 Å². The number of hydrogen-bond donors (Lipinski definition) is 2. The zero-order valence-corrected chi connectivity index (χ0v) is 9.19. The van der Waals surface area contributed by atoms with Gasteiger partial charge in [-0.2, -0.15) is 0 Å². The predicted molar refractivity (Wildman–Crippen MR) is 65.3 cm³/mol. The fourth-order valence-electron chi connectivity index (χ4n) is 2.05. The Morgan fingerprint density at radius 2 is 1.44 bits per heavy atom. The summed E-state index contributed by atoms with van der Waals surface area (Å²) in [6, 6.07) is 12.1. The molecule has 0 aliphatic carbocycles. The van der Waals surface area contributed by atoms with E-state index in [4.69, 9.17) is 5.11 Å². The maximum Gasteiger partial charge on any atom is 0.0687 e. The van der Waals surface area contributed by atoms with Crippen molar-refractivity contribution in [2.75, 3.05) is 6.61 Å². The molecule has 2 N–H and O–H groups in total. The molecule has 0 aliphatic heterocycles. The Bertz CT molecular complexity index is 477. The molecule has 0 fully saturated rings. The first-order valence-electron chi connectivity index (χ1n) is 5.58. The number of fused-ring (bicyclic) bond motifs is 1. The first-order valence-corrected chi connectivity index (χ1v) is 5.58. The van der Waals surface area contributed by atoms with Crippen LogP contribution in [0.15, 0.2) is 36.4 Å². The van der Waals surface area contributed by atoms with Gasteiger partial charge in [0.2, 0.25) is 0 Å². The van der Waals surface area contributed by atoms with Crippen molar-refractivity contribution >= 4 is 10.8 Å². The van der Waals surface area contributed by atoms with Gasteiger partial charge in [0.25, 0.3) is 0 Å². The smallest absolute Gasteiger partial charge is 0.0687 e. The summed E-state index contributed by atoms with van der Waals surface area (Å²) >= 11 is 0. The molecule has 0 radical (unpaired) electrons. The third-order valence-corrected chi connectivity index (χ3v) is 2.88. The van der Waals surface area contributed by atoms with E-state index < -0.39 is 0 Å². The first kappa shape index (κ1) is 11.1. The normalized spacial score (nSPS) is 10.9. The fourth-order valence-corrected chi connectivity index (χ4v) is 2.05. The van der Waals surface area contributed by atoms with Crippen molar-refractivity contribution in [1.29, 1.82) is 0 Å². The summed E-state index contributed by atoms with van der Waals surface area (Å²) in [4.78, 5) is 0. The minimum Gasteiger partial charge on any atom is -0.396 e. The van der Waals surface area contributed by atoms with Crippen molar-refractivity contribution in [3.05, 3.63) is 47.5 Å². The first-order chi connectivity index (χ1) is 7.86. The van der Waals surface area contributed by atoms with Crippen molar-refractivity contribution in [2.24, 2.45) is 0 Å². The number of aliphatic hydroxyl groups excluding tert-OH is 2. The lowest BCUT2D eigenvalue weighted by atomic mass is 9.97. The lowest BCUT2D eigenvalue weighted by Crippen LogP contribution is -1.94. The lowest BCUT2D eigenvalue weighted by Gasteiger charge is -2.09. The van der Waals surface area contributed by atoms with Crippen LogP contribution in [0.25, 0.3) is 10.8 Å². The maximum atomic E-state index is 9.26. The molecular weight excluding hydrogens is 200 g/mol. The molecule has 0 amide bonds. The second kappa shape index (κ2) is 5.10. The van der Waals surface area contributed by atoms with Crippen molar-refractivity contribution in [3.63, 3.8) is 0 Å². The number of rotatable bonds is 4. The largest absolute Gasteiger partial charge is 0.396 e. The number of aliphatic hydroxyl groups is 2. The summed E-state index contributed by atoms with van der Waals surface area (Å²) in [6.07, 6.45) is 1.66. The van der Waals surface area contributed by atoms with Gasteiger partial charge in [-0.25, -0.2) is 0 Å². The summed E-state index contributed by atoms with van der Waals surface area (Å²) in [5.41, 5.74) is 2.20. The second-order valence-electron chi connectivity index (χ2n) is 3.91. The molecule has 0 aromatic heterocycles. The van der Waals surface area contributed by atoms with Gasteiger partial charge in [-0.1, -0.05) is 36.4 Å². The Balaban J connectivity index is 2.51. The van der Waals surface area contributed by atoms with Crippen LogP contribution in [0.5, 0.6) is 0 Å². The lowest BCUT2D eigenvalue weighted by molar-refractivity contribution is 0.283. The third kappa shape index (κ3) is 2.08. The van der Waals surface area contributed by atoms with Crippen LogP contribution < -0.4 is 0 Å². The van der Waals surface area contributed by atoms with Crippen LogP contribution in [-0.2, 0) is 13.0 Å². The molecule has 0 aliphatic rings. The van der Waals surface area contributed by atoms with Crippen LogP contribution >= 0.6 is 0 Å². The highest BCUT2D eigenvalue weighted by Crippen LogP contribution is 2.23. The second-order valence-corrected chi connectivity index (χ2v) is 3.91. The van der Waals surface area contributed by atoms with Gasteiger partial charge in [-0.3, -0.25) is 0 Å². The molecule has 0 spiro atoms. The van der Waals surface area contributed by atoms with Crippen LogP contribution in [0, 0.1) is 0 Å². The highest BCUT2D eigenvalue weighted by Gasteiger charge is 2.04. The molecule has 2 aromatic rings. The Morgan fingerprint density at radius 3 is 2.06 bits per heavy atom. The predicted octanol–water partition coefficient (Wildman–Crippen LogP) is 2.26. The average molecular weight is 216 g/mol. The summed E-state index contributed by atoms with van der Waals surface area (Å²) < 4.78 is 0. The molecule has 84 valence electrons. The van der Waals surface area contributed by atoms with Gasteiger partial charge in [0.1, 0.15) is 0 Å². The number of benzene rings is 2. The SMILES string of the molecule is OCCCc1ccc(CO)c2ccccc12. The summed E-state index contributed by atoms with van der Waals surface area (Å²) in [5.74, 6) is 0. The minimum atomic E-state index is 0.0702. The van der Waals surface area contributed by atoms with Crippen LogP contribution in [-0.4, -0.2) is 16.8 Å². The van der Waals surface area contributed by atoms with E-state index in [2.05, 4.69) is 6.07 Å². The van der Waals surface area contributed by atoms with Gasteiger partial charge < -0.3 is 10.2 Å². The molecule has 0 unspecified atom stereocenters. The molecular formula is C14H16O2. The monoisotopic (exact) mass is 216 g/mol. The van der Waals surface area contributed by atoms with Crippen LogP contribution in [0.2, 0.25) is 0 Å². The molecule has 0 saturated carbocycles. The highest BCUT2D eigenvalue weighted by atomic mass is 16.3. The molecule has 2 heteroatoms. The van der Waals surface area contributed by atoms with Crippen LogP contribution in [0.4, 0.5) is 0 Å². The van der Waals surface area contributed by atoms with Crippen LogP contribution in [0.1, 0.15) is 17.5 Å². The Labute approximate surface area is 95.2 Å². The fraction of sp³-hybridized carbons (Fsp3) is 0.286. The molecule has 0 atom stereocenters. The van der Waals surface area contributed by atoms with E-state index in [1.165, 1.54) is 10.9 Å². The Hall–Kier alpha value is -1.38. The minimum absolute atomic E-state index is 0.0702. The quantitative estimate of drug-likeness (QED) is 0.823. The molecule has 2 aromatic carbocycles. The van der Waals surface area contributed by atoms with E-state index in [-0.39, 0.29) is 13.2 Å². The molecule has 0 heterocycles. The summed E-state index contributed by atoms with van der Waals surface area (Å²) in [5, 5.41) is 20.4. The Morgan fingerprint density at radius 1 is 0.812 bits per heavy atom. The van der Waals surface area contributed by atoms with E-state index in [1.54, 1.807) is 0 Å². The number of hydrogen-bond acceptors (Lipinski definition) is 2. The molecule has 2 nitrogen and oxygen atoms in total. The van der Waals surface area contributed by atoms with Gasteiger partial charge in [0.05, 0.1) is 6.61 Å². The van der Waals surface area contributed by atoms with Crippen LogP contribution in [0.3, 0.4) is 0 Å².